The van der Waals surface area contributed by atoms with Crippen LogP contribution >= 0.6 is 23.0 Å². The molecule has 6 N–H and O–H groups in total. The van der Waals surface area contributed by atoms with E-state index < -0.39 is 23.0 Å². The van der Waals surface area contributed by atoms with Gasteiger partial charge in [-0.15, -0.1) is 0 Å². The molecule has 276 valence electrons. The number of aromatic hydroxyl groups is 6. The van der Waals surface area contributed by atoms with Crippen molar-refractivity contribution in [1.82, 2.24) is 0 Å². The number of phenolic OH excluding ortho intramolecular Hbond substituents is 6. The molecule has 0 saturated carbocycles. The number of benzene rings is 6. The van der Waals surface area contributed by atoms with Crippen LogP contribution in [0.4, 0.5) is 0 Å². The number of hydrogen-bond acceptors (Lipinski definition) is 15. The highest BCUT2D eigenvalue weighted by Crippen LogP contribution is 2.78. The lowest BCUT2D eigenvalue weighted by Gasteiger charge is -2.33. The molecule has 0 fully saturated rings. The molecule has 0 amide bonds. The molecule has 6 aromatic carbocycles. The first kappa shape index (κ1) is 36.0. The minimum atomic E-state index is -4.30. The van der Waals surface area contributed by atoms with Crippen molar-refractivity contribution in [3.05, 3.63) is 146 Å². The fraction of sp³-hybridized carbons (Fsp3) is 0. The van der Waals surface area contributed by atoms with Crippen LogP contribution < -0.4 is 27.1 Å². The maximum Gasteiger partial charge on any atom is 0.460 e. The third-order valence-electron chi connectivity index (χ3n) is 7.04. The second-order valence-corrected chi connectivity index (χ2v) is 17.4. The monoisotopic (exact) mass is 789 g/mol. The molecule has 1 aliphatic rings. The SMILES string of the molecule is Oc1ccc(OP2(Oc3ccc(O)cc3)=NP(Oc3ccc(O)cc3)(Oc3ccc(O)cc3)=NP(Oc3ccc(O)cc3)(Oc3ccc(O)cc3)=N2)cc1. The zero-order valence-electron chi connectivity index (χ0n) is 27.7. The maximum absolute atomic E-state index is 10.1. The van der Waals surface area contributed by atoms with Gasteiger partial charge in [0, 0.05) is 0 Å². The molecule has 0 bridgehead atoms. The van der Waals surface area contributed by atoms with Gasteiger partial charge in [-0.2, -0.15) is 0 Å². The minimum absolute atomic E-state index is 0.0527. The predicted octanol–water partition coefficient (Wildman–Crippen LogP) is 10.5. The summed E-state index contributed by atoms with van der Waals surface area (Å²) in [6.45, 7) is 0. The molecule has 1 heterocycles. The van der Waals surface area contributed by atoms with Gasteiger partial charge in [0.05, 0.1) is 0 Å². The Morgan fingerprint density at radius 2 is 0.370 bits per heavy atom. The van der Waals surface area contributed by atoms with E-state index in [0.717, 1.165) is 0 Å². The van der Waals surface area contributed by atoms with Gasteiger partial charge in [-0.25, -0.2) is 0 Å². The summed E-state index contributed by atoms with van der Waals surface area (Å²) in [5, 5.41) is 60.5. The third kappa shape index (κ3) is 8.79. The van der Waals surface area contributed by atoms with Crippen LogP contribution in [-0.2, 0) is 0 Å². The Morgan fingerprint density at radius 3 is 0.500 bits per heavy atom. The summed E-state index contributed by atoms with van der Waals surface area (Å²) in [5.41, 5.74) is 0. The zero-order valence-corrected chi connectivity index (χ0v) is 30.4. The van der Waals surface area contributed by atoms with E-state index in [1.54, 1.807) is 0 Å². The summed E-state index contributed by atoms with van der Waals surface area (Å²) < 4.78 is 54.3. The minimum Gasteiger partial charge on any atom is -0.508 e. The Labute approximate surface area is 308 Å². The maximum atomic E-state index is 10.1. The number of rotatable bonds is 12. The summed E-state index contributed by atoms with van der Waals surface area (Å²) in [6, 6.07) is 34.0. The highest BCUT2D eigenvalue weighted by atomic mass is 31.3. The predicted molar refractivity (Wildman–Crippen MR) is 200 cm³/mol. The first-order chi connectivity index (χ1) is 26.0. The van der Waals surface area contributed by atoms with Crippen LogP contribution in [0.3, 0.4) is 0 Å². The zero-order chi connectivity index (χ0) is 37.8. The topological polar surface area (TPSA) is 214 Å². The Hall–Kier alpha value is -6.39. The summed E-state index contributed by atoms with van der Waals surface area (Å²) in [7, 11) is -12.9. The first-order valence-corrected chi connectivity index (χ1v) is 20.4. The summed E-state index contributed by atoms with van der Waals surface area (Å²) in [6.07, 6.45) is 0. The fourth-order valence-electron chi connectivity index (χ4n) is 4.62. The lowest BCUT2D eigenvalue weighted by Crippen LogP contribution is -2.11. The second-order valence-electron chi connectivity index (χ2n) is 11.3. The number of hydrogen-bond donors (Lipinski definition) is 6. The van der Waals surface area contributed by atoms with Crippen LogP contribution in [0.15, 0.2) is 159 Å². The molecule has 7 rings (SSSR count). The van der Waals surface area contributed by atoms with Crippen LogP contribution in [0.25, 0.3) is 0 Å². The van der Waals surface area contributed by atoms with Gasteiger partial charge in [0.1, 0.15) is 69.0 Å². The standard InChI is InChI=1S/C36H30N3O12P3/c40-25-1-13-31(14-2-25)46-52(47-32-15-3-26(41)4-16-32)37-53(48-33-17-5-27(42)6-18-33,49-34-19-7-28(43)8-20-34)39-54(38-52,50-35-21-9-29(44)10-22-35)51-36-23-11-30(45)12-24-36/h1-24,40-45H. The van der Waals surface area contributed by atoms with Gasteiger partial charge >= 0.3 is 23.0 Å². The highest BCUT2D eigenvalue weighted by Gasteiger charge is 2.49. The van der Waals surface area contributed by atoms with Gasteiger partial charge in [0.2, 0.25) is 0 Å². The van der Waals surface area contributed by atoms with Crippen LogP contribution in [0.2, 0.25) is 0 Å². The van der Waals surface area contributed by atoms with Crippen LogP contribution in [-0.4, -0.2) is 30.6 Å². The van der Waals surface area contributed by atoms with Crippen molar-refractivity contribution >= 4 is 23.0 Å². The van der Waals surface area contributed by atoms with E-state index >= 15 is 0 Å². The van der Waals surface area contributed by atoms with Crippen molar-refractivity contribution in [3.63, 3.8) is 0 Å². The highest BCUT2D eigenvalue weighted by molar-refractivity contribution is 7.79. The molecule has 0 unspecified atom stereocenters. The molecule has 0 radical (unpaired) electrons. The van der Waals surface area contributed by atoms with Crippen molar-refractivity contribution in [1.29, 1.82) is 0 Å². The molecule has 18 heteroatoms. The van der Waals surface area contributed by atoms with E-state index in [1.807, 2.05) is 0 Å². The Morgan fingerprint density at radius 1 is 0.241 bits per heavy atom. The van der Waals surface area contributed by atoms with Crippen molar-refractivity contribution in [2.24, 2.45) is 13.5 Å². The van der Waals surface area contributed by atoms with E-state index in [2.05, 4.69) is 0 Å². The molecular formula is C36H30N3O12P3. The quantitative estimate of drug-likeness (QED) is 0.0639. The lowest BCUT2D eigenvalue weighted by atomic mass is 10.3. The average Bonchev–Trinajstić information content (AvgIpc) is 3.14. The number of nitrogens with zero attached hydrogens (tertiary/aromatic N) is 3. The number of phenols is 6. The summed E-state index contributed by atoms with van der Waals surface area (Å²) in [5.74, 6) is 0.484. The van der Waals surface area contributed by atoms with Crippen LogP contribution in [0, 0.1) is 0 Å². The lowest BCUT2D eigenvalue weighted by molar-refractivity contribution is 0.436. The fourth-order valence-corrected chi connectivity index (χ4v) is 13.7. The van der Waals surface area contributed by atoms with Gasteiger partial charge in [-0.1, -0.05) is 13.5 Å². The average molecular weight is 790 g/mol. The molecular weight excluding hydrogens is 759 g/mol. The van der Waals surface area contributed by atoms with E-state index in [-0.39, 0.29) is 69.0 Å². The van der Waals surface area contributed by atoms with Crippen LogP contribution in [0.1, 0.15) is 0 Å². The van der Waals surface area contributed by atoms with E-state index in [9.17, 15) is 30.6 Å². The molecule has 0 spiro atoms. The molecule has 6 aromatic rings. The van der Waals surface area contributed by atoms with Crippen molar-refractivity contribution < 1.29 is 57.8 Å². The first-order valence-electron chi connectivity index (χ1n) is 15.8. The largest absolute Gasteiger partial charge is 0.508 e. The second kappa shape index (κ2) is 14.9. The third-order valence-corrected chi connectivity index (χ3v) is 15.2. The summed E-state index contributed by atoms with van der Waals surface area (Å²) >= 11 is 0. The van der Waals surface area contributed by atoms with Crippen molar-refractivity contribution in [2.45, 2.75) is 0 Å². The van der Waals surface area contributed by atoms with Gasteiger partial charge in [-0.05, 0) is 146 Å². The van der Waals surface area contributed by atoms with E-state index in [4.69, 9.17) is 40.7 Å². The van der Waals surface area contributed by atoms with E-state index in [0.29, 0.717) is 0 Å². The Bertz CT molecular complexity index is 1970. The molecule has 0 aromatic heterocycles. The normalized spacial score (nSPS) is 14.9. The summed E-state index contributed by atoms with van der Waals surface area (Å²) in [4.78, 5) is 0. The molecule has 54 heavy (non-hydrogen) atoms. The Kier molecular flexibility index (Phi) is 9.94. The smallest absolute Gasteiger partial charge is 0.460 e. The van der Waals surface area contributed by atoms with Crippen molar-refractivity contribution in [3.8, 4) is 69.0 Å². The Balaban J connectivity index is 1.56. The van der Waals surface area contributed by atoms with Gasteiger partial charge in [-0.3, -0.25) is 0 Å². The van der Waals surface area contributed by atoms with Gasteiger partial charge in [0.25, 0.3) is 0 Å². The molecule has 15 nitrogen and oxygen atoms in total. The molecule has 0 saturated heterocycles. The van der Waals surface area contributed by atoms with Crippen LogP contribution in [0.5, 0.6) is 69.0 Å². The molecule has 1 aliphatic heterocycles. The van der Waals surface area contributed by atoms with Crippen molar-refractivity contribution in [2.75, 3.05) is 0 Å². The molecule has 0 atom stereocenters. The molecule has 0 aliphatic carbocycles. The van der Waals surface area contributed by atoms with Gasteiger partial charge in [0.15, 0.2) is 0 Å². The van der Waals surface area contributed by atoms with Gasteiger partial charge < -0.3 is 57.8 Å². The van der Waals surface area contributed by atoms with E-state index in [1.165, 1.54) is 146 Å².